The average Bonchev–Trinajstić information content (AvgIpc) is 3.28. The maximum absolute atomic E-state index is 12.8. The Morgan fingerprint density at radius 1 is 1.19 bits per heavy atom. The highest BCUT2D eigenvalue weighted by atomic mass is 19.4. The molecule has 0 saturated carbocycles. The van der Waals surface area contributed by atoms with Gasteiger partial charge in [-0.25, -0.2) is 4.79 Å². The van der Waals surface area contributed by atoms with Crippen LogP contribution in [0.15, 0.2) is 40.8 Å². The van der Waals surface area contributed by atoms with Gasteiger partial charge in [-0.1, -0.05) is 12.1 Å². The molecule has 6 nitrogen and oxygen atoms in total. The summed E-state index contributed by atoms with van der Waals surface area (Å²) in [7, 11) is 0. The Kier molecular flexibility index (Phi) is 5.02. The summed E-state index contributed by atoms with van der Waals surface area (Å²) in [5, 5.41) is 0. The number of nitrogens with zero attached hydrogens (tertiary/aromatic N) is 1. The third kappa shape index (κ3) is 4.18. The lowest BCUT2D eigenvalue weighted by Crippen LogP contribution is -2.35. The van der Waals surface area contributed by atoms with Crippen molar-refractivity contribution in [3.8, 4) is 11.3 Å². The molecule has 2 heterocycles. The number of benzene rings is 1. The predicted octanol–water partition coefficient (Wildman–Crippen LogP) is 3.27. The quantitative estimate of drug-likeness (QED) is 0.760. The van der Waals surface area contributed by atoms with Gasteiger partial charge in [0.15, 0.2) is 6.61 Å². The van der Waals surface area contributed by atoms with Gasteiger partial charge in [-0.15, -0.1) is 0 Å². The smallest absolute Gasteiger partial charge is 0.416 e. The molecule has 0 bridgehead atoms. The Balaban J connectivity index is 1.66. The van der Waals surface area contributed by atoms with Crippen LogP contribution in [0.5, 0.6) is 0 Å². The van der Waals surface area contributed by atoms with E-state index in [-0.39, 0.29) is 36.0 Å². The van der Waals surface area contributed by atoms with Crippen molar-refractivity contribution in [2.45, 2.75) is 19.0 Å². The number of rotatable bonds is 4. The first-order valence-electron chi connectivity index (χ1n) is 8.03. The molecule has 1 fully saturated rings. The molecule has 0 spiro atoms. The Morgan fingerprint density at radius 2 is 1.96 bits per heavy atom. The zero-order chi connectivity index (χ0) is 19.6. The number of alkyl halides is 3. The zero-order valence-corrected chi connectivity index (χ0v) is 13.9. The van der Waals surface area contributed by atoms with Crippen LogP contribution in [0.4, 0.5) is 13.2 Å². The van der Waals surface area contributed by atoms with Crippen LogP contribution in [0.1, 0.15) is 29.0 Å². The molecule has 0 aliphatic carbocycles. The van der Waals surface area contributed by atoms with Crippen LogP contribution in [-0.2, 0) is 20.5 Å². The Hall–Kier alpha value is -3.10. The monoisotopic (exact) mass is 381 g/mol. The summed E-state index contributed by atoms with van der Waals surface area (Å²) in [4.78, 5) is 36.3. The summed E-state index contributed by atoms with van der Waals surface area (Å²) in [5.41, 5.74) is -0.705. The first-order chi connectivity index (χ1) is 12.8. The molecule has 0 N–H and O–H groups in total. The lowest BCUT2D eigenvalue weighted by molar-refractivity contribution is -0.144. The maximum Gasteiger partial charge on any atom is 0.416 e. The number of carbonyl (C=O) groups is 3. The van der Waals surface area contributed by atoms with Crippen LogP contribution < -0.4 is 0 Å². The van der Waals surface area contributed by atoms with Crippen molar-refractivity contribution >= 4 is 17.8 Å². The summed E-state index contributed by atoms with van der Waals surface area (Å²) in [5.74, 6) is -2.11. The van der Waals surface area contributed by atoms with E-state index in [1.54, 1.807) is 0 Å². The highest BCUT2D eigenvalue weighted by molar-refractivity contribution is 5.98. The van der Waals surface area contributed by atoms with Crippen LogP contribution in [-0.4, -0.2) is 35.8 Å². The van der Waals surface area contributed by atoms with E-state index in [4.69, 9.17) is 9.15 Å². The van der Waals surface area contributed by atoms with Gasteiger partial charge >= 0.3 is 12.1 Å². The minimum Gasteiger partial charge on any atom is -0.450 e. The Morgan fingerprint density at radius 3 is 2.63 bits per heavy atom. The fourth-order valence-electron chi connectivity index (χ4n) is 2.64. The van der Waals surface area contributed by atoms with E-state index in [1.165, 1.54) is 24.3 Å². The fraction of sp³-hybridized carbons (Fsp3) is 0.278. The molecule has 1 saturated heterocycles. The van der Waals surface area contributed by atoms with Gasteiger partial charge in [0.25, 0.3) is 5.91 Å². The zero-order valence-electron chi connectivity index (χ0n) is 13.9. The Bertz CT molecular complexity index is 887. The van der Waals surface area contributed by atoms with Crippen LogP contribution in [0.2, 0.25) is 0 Å². The van der Waals surface area contributed by atoms with E-state index < -0.39 is 30.2 Å². The van der Waals surface area contributed by atoms with E-state index in [2.05, 4.69) is 0 Å². The molecule has 2 amide bonds. The molecule has 27 heavy (non-hydrogen) atoms. The first-order valence-corrected chi connectivity index (χ1v) is 8.03. The standard InChI is InChI=1S/C18H14F3NO5/c19-18(20,21)12-4-1-3-11(9-12)13-6-7-14(27-13)17(25)26-10-16(24)22-8-2-5-15(22)23/h1,3-4,6-7,9H,2,5,8,10H2. The van der Waals surface area contributed by atoms with Gasteiger partial charge in [0.05, 0.1) is 5.56 Å². The van der Waals surface area contributed by atoms with Crippen LogP contribution in [0.3, 0.4) is 0 Å². The van der Waals surface area contributed by atoms with Crippen molar-refractivity contribution in [2.75, 3.05) is 13.2 Å². The molecular formula is C18H14F3NO5. The number of hydrogen-bond acceptors (Lipinski definition) is 5. The molecular weight excluding hydrogens is 367 g/mol. The van der Waals surface area contributed by atoms with Gasteiger partial charge in [-0.05, 0) is 30.7 Å². The van der Waals surface area contributed by atoms with Gasteiger partial charge in [-0.3, -0.25) is 14.5 Å². The average molecular weight is 381 g/mol. The van der Waals surface area contributed by atoms with Gasteiger partial charge < -0.3 is 9.15 Å². The van der Waals surface area contributed by atoms with Gasteiger partial charge in [0.1, 0.15) is 5.76 Å². The second-order valence-electron chi connectivity index (χ2n) is 5.86. The third-order valence-corrected chi connectivity index (χ3v) is 3.98. The lowest BCUT2D eigenvalue weighted by Gasteiger charge is -2.12. The number of amides is 2. The first kappa shape index (κ1) is 18.7. The molecule has 1 aliphatic rings. The number of furan rings is 1. The largest absolute Gasteiger partial charge is 0.450 e. The maximum atomic E-state index is 12.8. The highest BCUT2D eigenvalue weighted by Gasteiger charge is 2.31. The molecule has 0 unspecified atom stereocenters. The van der Waals surface area contributed by atoms with E-state index >= 15 is 0 Å². The molecule has 1 aromatic carbocycles. The van der Waals surface area contributed by atoms with Crippen LogP contribution >= 0.6 is 0 Å². The molecule has 1 aliphatic heterocycles. The summed E-state index contributed by atoms with van der Waals surface area (Å²) in [6.07, 6.45) is -3.66. The SMILES string of the molecule is O=C(OCC(=O)N1CCCC1=O)c1ccc(-c2cccc(C(F)(F)F)c2)o1. The number of carbonyl (C=O) groups excluding carboxylic acids is 3. The number of halogens is 3. The van der Waals surface area contributed by atoms with Crippen molar-refractivity contribution in [3.05, 3.63) is 47.7 Å². The van der Waals surface area contributed by atoms with E-state index in [9.17, 15) is 27.6 Å². The van der Waals surface area contributed by atoms with E-state index in [1.807, 2.05) is 0 Å². The molecule has 0 radical (unpaired) electrons. The number of ether oxygens (including phenoxy) is 1. The highest BCUT2D eigenvalue weighted by Crippen LogP contribution is 2.32. The van der Waals surface area contributed by atoms with Crippen molar-refractivity contribution < 1.29 is 36.7 Å². The minimum atomic E-state index is -4.50. The molecule has 142 valence electrons. The second-order valence-corrected chi connectivity index (χ2v) is 5.86. The number of likely N-dealkylation sites (tertiary alicyclic amines) is 1. The third-order valence-electron chi connectivity index (χ3n) is 3.98. The number of hydrogen-bond donors (Lipinski definition) is 0. The van der Waals surface area contributed by atoms with Crippen LogP contribution in [0.25, 0.3) is 11.3 Å². The van der Waals surface area contributed by atoms with Gasteiger partial charge in [0, 0.05) is 18.5 Å². The summed E-state index contributed by atoms with van der Waals surface area (Å²) in [6, 6.07) is 7.03. The molecule has 0 atom stereocenters. The van der Waals surface area contributed by atoms with E-state index in [0.29, 0.717) is 6.42 Å². The molecule has 2 aromatic rings. The fourth-order valence-corrected chi connectivity index (χ4v) is 2.64. The summed E-state index contributed by atoms with van der Waals surface area (Å²) >= 11 is 0. The van der Waals surface area contributed by atoms with Gasteiger partial charge in [-0.2, -0.15) is 13.2 Å². The number of imide groups is 1. The summed E-state index contributed by atoms with van der Waals surface area (Å²) < 4.78 is 48.4. The van der Waals surface area contributed by atoms with Crippen molar-refractivity contribution in [3.63, 3.8) is 0 Å². The normalized spacial score (nSPS) is 14.5. The predicted molar refractivity (Wildman–Crippen MR) is 85.4 cm³/mol. The Labute approximate surface area is 151 Å². The van der Waals surface area contributed by atoms with Crippen molar-refractivity contribution in [1.29, 1.82) is 0 Å². The molecule has 9 heteroatoms. The minimum absolute atomic E-state index is 0.0501. The van der Waals surface area contributed by atoms with Crippen molar-refractivity contribution in [1.82, 2.24) is 4.90 Å². The molecule has 1 aromatic heterocycles. The lowest BCUT2D eigenvalue weighted by atomic mass is 10.1. The summed E-state index contributed by atoms with van der Waals surface area (Å²) in [6.45, 7) is -0.334. The topological polar surface area (TPSA) is 76.8 Å². The molecule has 3 rings (SSSR count). The second kappa shape index (κ2) is 7.26. The van der Waals surface area contributed by atoms with Gasteiger partial charge in [0.2, 0.25) is 11.7 Å². The van der Waals surface area contributed by atoms with E-state index in [0.717, 1.165) is 17.0 Å². The van der Waals surface area contributed by atoms with Crippen LogP contribution in [0, 0.1) is 0 Å². The number of esters is 1. The van der Waals surface area contributed by atoms with Crippen molar-refractivity contribution in [2.24, 2.45) is 0 Å².